The number of rotatable bonds is 37. The second-order valence-electron chi connectivity index (χ2n) is 26.4. The summed E-state index contributed by atoms with van der Waals surface area (Å²) in [5.74, 6) is -8.27. The summed E-state index contributed by atoms with van der Waals surface area (Å²) >= 11 is 0. The monoisotopic (exact) mass is 1200 g/mol. The van der Waals surface area contributed by atoms with Gasteiger partial charge >= 0.3 is 0 Å². The summed E-state index contributed by atoms with van der Waals surface area (Å²) in [5.41, 5.74) is -4.92. The first-order valence-corrected chi connectivity index (χ1v) is 30.5. The minimum absolute atomic E-state index is 0.00469. The van der Waals surface area contributed by atoms with Gasteiger partial charge < -0.3 is 68.3 Å². The van der Waals surface area contributed by atoms with Crippen LogP contribution in [0.25, 0.3) is 0 Å². The number of nitrogens with one attached hydrogen (secondary N) is 10. The van der Waals surface area contributed by atoms with Crippen LogP contribution in [0.4, 0.5) is 0 Å². The third-order valence-corrected chi connectivity index (χ3v) is 14.9. The molecule has 11 atom stereocenters. The Morgan fingerprint density at radius 1 is 0.624 bits per heavy atom. The molecule has 486 valence electrons. The van der Waals surface area contributed by atoms with Crippen LogP contribution in [0, 0.1) is 35.5 Å². The Kier molecular flexibility index (Phi) is 32.2. The molecule has 1 aliphatic rings. The molecule has 24 heteroatoms. The largest absolute Gasteiger partial charge is 0.393 e. The topological polar surface area (TPSA) is 352 Å². The number of likely N-dealkylation sites (N-methyl/N-ethyl adjacent to an activating group) is 1. The maximum Gasteiger partial charge on any atom is 0.246 e. The highest BCUT2D eigenvalue weighted by Gasteiger charge is 2.43. The predicted molar refractivity (Wildman–Crippen MR) is 325 cm³/mol. The van der Waals surface area contributed by atoms with Gasteiger partial charge in [-0.25, -0.2) is 0 Å². The van der Waals surface area contributed by atoms with E-state index in [1.54, 1.807) is 40.8 Å². The van der Waals surface area contributed by atoms with Gasteiger partial charge in [0.05, 0.1) is 12.2 Å². The zero-order chi connectivity index (χ0) is 65.5. The molecule has 1 heterocycles. The summed E-state index contributed by atoms with van der Waals surface area (Å²) in [6, 6.07) is -6.63. The van der Waals surface area contributed by atoms with Gasteiger partial charge in [-0.1, -0.05) is 88.7 Å². The zero-order valence-electron chi connectivity index (χ0n) is 54.6. The van der Waals surface area contributed by atoms with Crippen LogP contribution >= 0.6 is 0 Å². The summed E-state index contributed by atoms with van der Waals surface area (Å²) < 4.78 is 0. The van der Waals surface area contributed by atoms with E-state index in [1.807, 2.05) is 55.4 Å². The highest BCUT2D eigenvalue weighted by atomic mass is 16.3. The van der Waals surface area contributed by atoms with Crippen molar-refractivity contribution in [1.82, 2.24) is 58.1 Å². The zero-order valence-corrected chi connectivity index (χ0v) is 54.6. The number of ketones is 1. The van der Waals surface area contributed by atoms with Crippen molar-refractivity contribution < 1.29 is 63.0 Å². The minimum Gasteiger partial charge on any atom is -0.393 e. The van der Waals surface area contributed by atoms with E-state index in [0.29, 0.717) is 19.5 Å². The first kappa shape index (κ1) is 77.0. The lowest BCUT2D eigenvalue weighted by Crippen LogP contribution is -2.66. The number of amides is 10. The molecule has 85 heavy (non-hydrogen) atoms. The molecule has 0 saturated carbocycles. The third-order valence-electron chi connectivity index (χ3n) is 14.9. The van der Waals surface area contributed by atoms with Crippen LogP contribution < -0.4 is 53.2 Å². The van der Waals surface area contributed by atoms with Crippen LogP contribution in [-0.4, -0.2) is 172 Å². The normalized spacial score (nSPS) is 18.0. The van der Waals surface area contributed by atoms with E-state index in [2.05, 4.69) is 53.2 Å². The fraction of sp³-hybridized carbons (Fsp3) is 0.787. The molecule has 0 spiro atoms. The number of hydrogen-bond acceptors (Lipinski definition) is 14. The predicted octanol–water partition coefficient (Wildman–Crippen LogP) is 1.94. The Labute approximate surface area is 506 Å². The second-order valence-corrected chi connectivity index (χ2v) is 26.4. The van der Waals surface area contributed by atoms with Crippen molar-refractivity contribution in [2.45, 2.75) is 247 Å². The van der Waals surface area contributed by atoms with E-state index in [9.17, 15) is 63.0 Å². The Hall–Kier alpha value is -6.01. The molecule has 1 aliphatic heterocycles. The summed E-state index contributed by atoms with van der Waals surface area (Å²) in [5, 5.41) is 49.6. The first-order valence-electron chi connectivity index (χ1n) is 30.5. The molecule has 1 saturated heterocycles. The number of aliphatic hydroxyl groups excluding tert-OH is 2. The number of Topliss-reactive ketones (excluding diaryl/α,β-unsaturated/α-hetero) is 1. The number of nitrogens with zero attached hydrogens (tertiary/aromatic N) is 1. The molecule has 0 aromatic heterocycles. The van der Waals surface area contributed by atoms with Crippen molar-refractivity contribution >= 4 is 64.9 Å². The number of hydrogen-bond donors (Lipinski definition) is 12. The molecule has 0 aliphatic carbocycles. The van der Waals surface area contributed by atoms with E-state index in [0.717, 1.165) is 6.42 Å². The molecule has 1 fully saturated rings. The quantitative estimate of drug-likeness (QED) is 0.0396. The second kappa shape index (κ2) is 35.6. The van der Waals surface area contributed by atoms with Crippen LogP contribution in [0.2, 0.25) is 0 Å². The number of carbonyl (C=O) groups excluding carboxylic acids is 11. The molecule has 1 rings (SSSR count). The lowest BCUT2D eigenvalue weighted by Gasteiger charge is -2.34. The fourth-order valence-corrected chi connectivity index (χ4v) is 9.54. The van der Waals surface area contributed by atoms with Gasteiger partial charge in [0.15, 0.2) is 0 Å². The molecular weight excluding hydrogens is 1090 g/mol. The van der Waals surface area contributed by atoms with Crippen molar-refractivity contribution in [2.75, 3.05) is 26.7 Å². The molecule has 0 bridgehead atoms. The standard InChI is InChI=1S/C61H109N11O13/c1-20-37(9)22-23-48(76)72-33-39(11)30-46(72)54(81)66-45(29-38(10)28-42(74)31-41(73)21-2)52(79)68-49(50(77)36(7)8)55(82)70-60(15,16)57(84)67-43(26-34(3)4)51(78)65-44(27-35(5)6)53(80)69-61(17,18)58(85)71-59(13,14)56(83)63-25-24-47(75)64-40(12)32-62-19/h22-23,34-40,42-46,49-50,62,74,77H,20-21,24-33H2,1-19H3,(H,63,83)(H,64,75)(H,65,78)(H,66,81)(H,67,84)(H,68,79)(H,69,80)(H,70,82)(H,71,85)/b23-22+. The van der Waals surface area contributed by atoms with Gasteiger partial charge in [-0.3, -0.25) is 52.7 Å². The smallest absolute Gasteiger partial charge is 0.246 e. The Morgan fingerprint density at radius 3 is 1.69 bits per heavy atom. The van der Waals surface area contributed by atoms with Gasteiger partial charge in [-0.05, 0) is 129 Å². The van der Waals surface area contributed by atoms with Crippen LogP contribution in [0.5, 0.6) is 0 Å². The van der Waals surface area contributed by atoms with Crippen LogP contribution in [0.15, 0.2) is 12.2 Å². The molecule has 24 nitrogen and oxygen atoms in total. The Balaban J connectivity index is 3.45. The van der Waals surface area contributed by atoms with Crippen LogP contribution in [-0.2, 0) is 52.7 Å². The van der Waals surface area contributed by atoms with E-state index >= 15 is 0 Å². The molecule has 11 unspecified atom stereocenters. The van der Waals surface area contributed by atoms with Gasteiger partial charge in [0.2, 0.25) is 59.1 Å². The molecule has 0 aromatic carbocycles. The average molecular weight is 1200 g/mol. The van der Waals surface area contributed by atoms with Crippen molar-refractivity contribution in [1.29, 1.82) is 0 Å². The number of allylic oxidation sites excluding steroid dienone is 1. The van der Waals surface area contributed by atoms with E-state index < -0.39 is 118 Å². The van der Waals surface area contributed by atoms with Gasteiger partial charge in [-0.15, -0.1) is 0 Å². The van der Waals surface area contributed by atoms with Crippen molar-refractivity contribution in [3.8, 4) is 0 Å². The highest BCUT2D eigenvalue weighted by molar-refractivity contribution is 6.00. The van der Waals surface area contributed by atoms with Crippen molar-refractivity contribution in [3.63, 3.8) is 0 Å². The van der Waals surface area contributed by atoms with Gasteiger partial charge in [0.25, 0.3) is 0 Å². The van der Waals surface area contributed by atoms with Gasteiger partial charge in [-0.2, -0.15) is 0 Å². The molecule has 10 amide bonds. The Bertz CT molecular complexity index is 2300. The number of aliphatic hydroxyl groups is 2. The van der Waals surface area contributed by atoms with Gasteiger partial charge in [0, 0.05) is 44.9 Å². The summed E-state index contributed by atoms with van der Waals surface area (Å²) in [7, 11) is 1.76. The summed E-state index contributed by atoms with van der Waals surface area (Å²) in [4.78, 5) is 152. The third kappa shape index (κ3) is 27.1. The average Bonchev–Trinajstić information content (AvgIpc) is 3.97. The number of likely N-dealkylation sites (tertiary alicyclic amines) is 1. The van der Waals surface area contributed by atoms with Crippen molar-refractivity contribution in [3.05, 3.63) is 12.2 Å². The van der Waals surface area contributed by atoms with E-state index in [-0.39, 0.29) is 98.8 Å². The van der Waals surface area contributed by atoms with Gasteiger partial charge in [0.1, 0.15) is 52.6 Å². The first-order chi connectivity index (χ1) is 39.2. The lowest BCUT2D eigenvalue weighted by molar-refractivity contribution is -0.140. The van der Waals surface area contributed by atoms with Crippen LogP contribution in [0.1, 0.15) is 182 Å². The molecule has 0 aromatic rings. The van der Waals surface area contributed by atoms with E-state index in [1.165, 1.54) is 52.5 Å². The maximum atomic E-state index is 14.5. The SMILES string of the molecule is CCC(=O)CC(O)CC(C)CC(NC(=O)C1CC(C)CN1C(=O)/C=C/C(C)CC)C(=O)NC(C(=O)NC(C)(C)C(=O)NC(CC(C)C)C(=O)NC(CC(C)C)C(=O)NC(C)(C)C(=O)NC(C)(C)C(=O)NCCC(=O)NC(C)CNC)C(O)C(C)C. The minimum atomic E-state index is -1.82. The van der Waals surface area contributed by atoms with E-state index in [4.69, 9.17) is 0 Å². The molecule has 0 radical (unpaired) electrons. The fourth-order valence-electron chi connectivity index (χ4n) is 9.54. The lowest BCUT2D eigenvalue weighted by atomic mass is 9.92. The summed E-state index contributed by atoms with van der Waals surface area (Å²) in [6.07, 6.45) is 2.06. The Morgan fingerprint density at radius 2 is 1.15 bits per heavy atom. The molecule has 12 N–H and O–H groups in total. The summed E-state index contributed by atoms with van der Waals surface area (Å²) in [6.45, 7) is 31.0. The van der Waals surface area contributed by atoms with Crippen LogP contribution in [0.3, 0.4) is 0 Å². The number of carbonyl (C=O) groups is 11. The molecular formula is C61H109N11O13. The highest BCUT2D eigenvalue weighted by Crippen LogP contribution is 2.25. The maximum absolute atomic E-state index is 14.5. The van der Waals surface area contributed by atoms with Crippen molar-refractivity contribution in [2.24, 2.45) is 35.5 Å².